The number of hydrogen-bond donors (Lipinski definition) is 2. The normalized spacial score (nSPS) is 15.2. The summed E-state index contributed by atoms with van der Waals surface area (Å²) in [4.78, 5) is 6.69. The minimum atomic E-state index is -4.57. The van der Waals surface area contributed by atoms with Crippen molar-refractivity contribution in [3.8, 4) is 0 Å². The van der Waals surface area contributed by atoms with Gasteiger partial charge in [0.2, 0.25) is 0 Å². The molecule has 0 bridgehead atoms. The van der Waals surface area contributed by atoms with Crippen LogP contribution in [0.25, 0.3) is 10.9 Å². The van der Waals surface area contributed by atoms with Gasteiger partial charge in [-0.25, -0.2) is 18.4 Å². The second-order valence-corrected chi connectivity index (χ2v) is 7.35. The van der Waals surface area contributed by atoms with Crippen LogP contribution < -0.4 is 0 Å². The number of alkyl halides is 3. The van der Waals surface area contributed by atoms with Crippen LogP contribution in [0.15, 0.2) is 55.1 Å². The van der Waals surface area contributed by atoms with E-state index in [1.54, 1.807) is 0 Å². The SMILES string of the molecule is CC(c1cc2c(C(F)(F)F)cccc2[nH]1)C(O)(Cn1cncn1)c1ccc(F)cc1F. The third kappa shape index (κ3) is 3.78. The summed E-state index contributed by atoms with van der Waals surface area (Å²) in [6.07, 6.45) is -2.03. The zero-order chi connectivity index (χ0) is 22.4. The third-order valence-corrected chi connectivity index (χ3v) is 5.44. The molecule has 2 heterocycles. The molecule has 4 rings (SSSR count). The number of hydrogen-bond acceptors (Lipinski definition) is 3. The summed E-state index contributed by atoms with van der Waals surface area (Å²) < 4.78 is 69.6. The van der Waals surface area contributed by atoms with E-state index in [1.807, 2.05) is 0 Å². The molecule has 0 saturated heterocycles. The van der Waals surface area contributed by atoms with Crippen LogP contribution in [0.1, 0.15) is 29.7 Å². The molecular formula is C21H17F5N4O. The molecule has 2 aromatic carbocycles. The third-order valence-electron chi connectivity index (χ3n) is 5.44. The van der Waals surface area contributed by atoms with Gasteiger partial charge in [0.15, 0.2) is 0 Å². The summed E-state index contributed by atoms with van der Waals surface area (Å²) in [5.74, 6) is -2.73. The maximum absolute atomic E-state index is 14.7. The Hall–Kier alpha value is -3.27. The molecule has 0 radical (unpaired) electrons. The first kappa shape index (κ1) is 21.0. The molecule has 0 spiro atoms. The molecular weight excluding hydrogens is 419 g/mol. The van der Waals surface area contributed by atoms with Crippen molar-refractivity contribution in [1.82, 2.24) is 19.7 Å². The molecule has 2 unspecified atom stereocenters. The Bertz CT molecular complexity index is 1220. The molecule has 0 saturated carbocycles. The second-order valence-electron chi connectivity index (χ2n) is 7.35. The van der Waals surface area contributed by atoms with Gasteiger partial charge in [-0.05, 0) is 24.3 Å². The van der Waals surface area contributed by atoms with Crippen LogP contribution >= 0.6 is 0 Å². The Kier molecular flexibility index (Phi) is 5.04. The van der Waals surface area contributed by atoms with Gasteiger partial charge in [0.05, 0.1) is 12.1 Å². The maximum atomic E-state index is 14.7. The molecule has 0 aliphatic rings. The van der Waals surface area contributed by atoms with Crippen molar-refractivity contribution in [3.63, 3.8) is 0 Å². The van der Waals surface area contributed by atoms with E-state index in [2.05, 4.69) is 15.1 Å². The van der Waals surface area contributed by atoms with Gasteiger partial charge in [-0.2, -0.15) is 18.3 Å². The molecule has 31 heavy (non-hydrogen) atoms. The van der Waals surface area contributed by atoms with Crippen LogP contribution in [-0.4, -0.2) is 24.9 Å². The van der Waals surface area contributed by atoms with Gasteiger partial charge in [0.1, 0.15) is 29.9 Å². The first-order chi connectivity index (χ1) is 14.6. The van der Waals surface area contributed by atoms with Crippen molar-refractivity contribution >= 4 is 10.9 Å². The van der Waals surface area contributed by atoms with Gasteiger partial charge >= 0.3 is 6.18 Å². The highest BCUT2D eigenvalue weighted by atomic mass is 19.4. The zero-order valence-corrected chi connectivity index (χ0v) is 16.2. The van der Waals surface area contributed by atoms with E-state index in [1.165, 1.54) is 42.5 Å². The fourth-order valence-corrected chi connectivity index (χ4v) is 3.77. The highest BCUT2D eigenvalue weighted by molar-refractivity contribution is 5.84. The van der Waals surface area contributed by atoms with Gasteiger partial charge < -0.3 is 10.1 Å². The van der Waals surface area contributed by atoms with Crippen LogP contribution in [0, 0.1) is 11.6 Å². The van der Waals surface area contributed by atoms with Gasteiger partial charge in [0, 0.05) is 34.1 Å². The predicted molar refractivity (Wildman–Crippen MR) is 102 cm³/mol. The number of aliphatic hydroxyl groups is 1. The highest BCUT2D eigenvalue weighted by Crippen LogP contribution is 2.42. The molecule has 10 heteroatoms. The largest absolute Gasteiger partial charge is 0.417 e. The highest BCUT2D eigenvalue weighted by Gasteiger charge is 2.41. The molecule has 5 nitrogen and oxygen atoms in total. The van der Waals surface area contributed by atoms with Crippen molar-refractivity contribution in [2.75, 3.05) is 0 Å². The van der Waals surface area contributed by atoms with E-state index in [9.17, 15) is 27.1 Å². The Morgan fingerprint density at radius 1 is 1.10 bits per heavy atom. The molecule has 0 aliphatic carbocycles. The van der Waals surface area contributed by atoms with E-state index in [4.69, 9.17) is 0 Å². The van der Waals surface area contributed by atoms with Crippen LogP contribution in [0.2, 0.25) is 0 Å². The first-order valence-electron chi connectivity index (χ1n) is 9.29. The Labute approximate surface area is 173 Å². The zero-order valence-electron chi connectivity index (χ0n) is 16.2. The number of H-pyrrole nitrogens is 1. The Morgan fingerprint density at radius 2 is 1.87 bits per heavy atom. The predicted octanol–water partition coefficient (Wildman–Crippen LogP) is 4.75. The van der Waals surface area contributed by atoms with Crippen LogP contribution in [0.4, 0.5) is 22.0 Å². The van der Waals surface area contributed by atoms with Crippen LogP contribution in [0.3, 0.4) is 0 Å². The lowest BCUT2D eigenvalue weighted by Crippen LogP contribution is -2.38. The lowest BCUT2D eigenvalue weighted by molar-refractivity contribution is -0.136. The van der Waals surface area contributed by atoms with Gasteiger partial charge in [-0.1, -0.05) is 19.1 Å². The molecule has 0 fully saturated rings. The van der Waals surface area contributed by atoms with E-state index in [0.717, 1.165) is 18.2 Å². The maximum Gasteiger partial charge on any atom is 0.417 e. The minimum Gasteiger partial charge on any atom is -0.382 e. The van der Waals surface area contributed by atoms with Crippen molar-refractivity contribution in [1.29, 1.82) is 0 Å². The number of aromatic nitrogens is 4. The van der Waals surface area contributed by atoms with E-state index in [-0.39, 0.29) is 28.7 Å². The second kappa shape index (κ2) is 7.45. The smallest absolute Gasteiger partial charge is 0.382 e. The fourth-order valence-electron chi connectivity index (χ4n) is 3.77. The molecule has 0 aliphatic heterocycles. The number of nitrogens with one attached hydrogen (secondary N) is 1. The first-order valence-corrected chi connectivity index (χ1v) is 9.29. The molecule has 2 atom stereocenters. The Balaban J connectivity index is 1.85. The lowest BCUT2D eigenvalue weighted by Gasteiger charge is -2.34. The van der Waals surface area contributed by atoms with E-state index in [0.29, 0.717) is 6.07 Å². The van der Waals surface area contributed by atoms with Gasteiger partial charge in [0.25, 0.3) is 0 Å². The average Bonchev–Trinajstić information content (AvgIpc) is 3.35. The standard InChI is InChI=1S/C21H17F5N4O/c1-12(19-8-14-15(21(24,25)26)3-2-4-18(14)29-19)20(31,9-30-11-27-10-28-30)16-6-5-13(22)7-17(16)23/h2-8,10-12,29,31H,9H2,1H3. The fraction of sp³-hybridized carbons (Fsp3) is 0.238. The summed E-state index contributed by atoms with van der Waals surface area (Å²) in [6, 6.07) is 7.77. The monoisotopic (exact) mass is 436 g/mol. The number of nitrogens with zero attached hydrogens (tertiary/aromatic N) is 3. The summed E-state index contributed by atoms with van der Waals surface area (Å²) in [7, 11) is 0. The Morgan fingerprint density at radius 3 is 2.52 bits per heavy atom. The van der Waals surface area contributed by atoms with E-state index >= 15 is 0 Å². The molecule has 2 aromatic heterocycles. The number of aromatic amines is 1. The van der Waals surface area contributed by atoms with Crippen molar-refractivity contribution < 1.29 is 27.1 Å². The summed E-state index contributed by atoms with van der Waals surface area (Å²) in [5, 5.41) is 15.5. The minimum absolute atomic E-state index is 0.0699. The summed E-state index contributed by atoms with van der Waals surface area (Å²) in [5.41, 5.74) is -2.55. The molecule has 162 valence electrons. The molecule has 4 aromatic rings. The lowest BCUT2D eigenvalue weighted by atomic mass is 9.80. The summed E-state index contributed by atoms with van der Waals surface area (Å²) in [6.45, 7) is 1.27. The van der Waals surface area contributed by atoms with Crippen molar-refractivity contribution in [3.05, 3.63) is 83.6 Å². The van der Waals surface area contributed by atoms with Crippen molar-refractivity contribution in [2.45, 2.75) is 31.2 Å². The quantitative estimate of drug-likeness (QED) is 0.444. The van der Waals surface area contributed by atoms with Crippen LogP contribution in [0.5, 0.6) is 0 Å². The van der Waals surface area contributed by atoms with Gasteiger partial charge in [-0.3, -0.25) is 0 Å². The molecule has 2 N–H and O–H groups in total. The average molecular weight is 436 g/mol. The topological polar surface area (TPSA) is 66.7 Å². The van der Waals surface area contributed by atoms with E-state index < -0.39 is 34.9 Å². The number of benzene rings is 2. The number of halogens is 5. The van der Waals surface area contributed by atoms with Crippen LogP contribution in [-0.2, 0) is 18.3 Å². The summed E-state index contributed by atoms with van der Waals surface area (Å²) >= 11 is 0. The molecule has 0 amide bonds. The van der Waals surface area contributed by atoms with Crippen molar-refractivity contribution in [2.24, 2.45) is 0 Å². The number of fused-ring (bicyclic) bond motifs is 1. The number of rotatable bonds is 5. The van der Waals surface area contributed by atoms with Gasteiger partial charge in [-0.15, -0.1) is 0 Å².